The van der Waals surface area contributed by atoms with Crippen LogP contribution in [0.5, 0.6) is 0 Å². The van der Waals surface area contributed by atoms with E-state index < -0.39 is 0 Å². The number of hydrogen-bond acceptors (Lipinski definition) is 3. The fourth-order valence-corrected chi connectivity index (χ4v) is 1.39. The molecule has 1 atom stereocenters. The second kappa shape index (κ2) is 3.82. The monoisotopic (exact) mass is 202 g/mol. The van der Waals surface area contributed by atoms with Gasteiger partial charge >= 0.3 is 0 Å². The highest BCUT2D eigenvalue weighted by Crippen LogP contribution is 2.12. The first kappa shape index (κ1) is 9.86. The summed E-state index contributed by atoms with van der Waals surface area (Å²) in [6.07, 6.45) is 3.65. The van der Waals surface area contributed by atoms with Crippen LogP contribution in [-0.2, 0) is 0 Å². The summed E-state index contributed by atoms with van der Waals surface area (Å²) in [6.45, 7) is 3.90. The number of rotatable bonds is 2. The van der Waals surface area contributed by atoms with Gasteiger partial charge in [-0.3, -0.25) is 0 Å². The molecule has 2 rings (SSSR count). The van der Waals surface area contributed by atoms with Crippen LogP contribution in [0.2, 0.25) is 0 Å². The Balaban J connectivity index is 2.41. The van der Waals surface area contributed by atoms with Gasteiger partial charge in [0.15, 0.2) is 5.82 Å². The van der Waals surface area contributed by atoms with E-state index in [0.717, 1.165) is 17.1 Å². The fraction of sp³-hybridized carbons (Fsp3) is 0.273. The molecule has 0 saturated carbocycles. The summed E-state index contributed by atoms with van der Waals surface area (Å²) in [5, 5.41) is 4.29. The van der Waals surface area contributed by atoms with Crippen molar-refractivity contribution in [1.29, 1.82) is 0 Å². The molecule has 4 nitrogen and oxygen atoms in total. The van der Waals surface area contributed by atoms with Gasteiger partial charge in [0, 0.05) is 18.4 Å². The molecule has 0 amide bonds. The predicted molar refractivity (Wildman–Crippen MR) is 58.7 cm³/mol. The smallest absolute Gasteiger partial charge is 0.153 e. The second-order valence-electron chi connectivity index (χ2n) is 3.64. The van der Waals surface area contributed by atoms with Gasteiger partial charge < -0.3 is 5.73 Å². The van der Waals surface area contributed by atoms with Crippen LogP contribution in [0.4, 0.5) is 0 Å². The molecule has 4 heteroatoms. The molecule has 0 aliphatic carbocycles. The average Bonchev–Trinajstić information content (AvgIpc) is 2.65. The first-order valence-electron chi connectivity index (χ1n) is 4.91. The molecule has 2 aromatic heterocycles. The molecular formula is C11H14N4. The van der Waals surface area contributed by atoms with Gasteiger partial charge in [0.05, 0.1) is 5.69 Å². The zero-order valence-electron chi connectivity index (χ0n) is 8.88. The van der Waals surface area contributed by atoms with Gasteiger partial charge in [-0.25, -0.2) is 9.67 Å². The average molecular weight is 202 g/mol. The Labute approximate surface area is 88.8 Å². The molecule has 0 fully saturated rings. The third-order valence-electron chi connectivity index (χ3n) is 2.25. The molecule has 0 spiro atoms. The summed E-state index contributed by atoms with van der Waals surface area (Å²) in [7, 11) is 0. The van der Waals surface area contributed by atoms with Crippen LogP contribution in [0.1, 0.15) is 24.2 Å². The highest BCUT2D eigenvalue weighted by Gasteiger charge is 2.03. The van der Waals surface area contributed by atoms with E-state index >= 15 is 0 Å². The number of nitrogens with two attached hydrogens (primary N) is 1. The van der Waals surface area contributed by atoms with E-state index in [1.54, 1.807) is 10.9 Å². The van der Waals surface area contributed by atoms with Crippen LogP contribution in [0.15, 0.2) is 30.6 Å². The van der Waals surface area contributed by atoms with E-state index in [4.69, 9.17) is 5.73 Å². The molecule has 2 aromatic rings. The van der Waals surface area contributed by atoms with Gasteiger partial charge in [0.25, 0.3) is 0 Å². The lowest BCUT2D eigenvalue weighted by Gasteiger charge is -2.07. The quantitative estimate of drug-likeness (QED) is 0.804. The summed E-state index contributed by atoms with van der Waals surface area (Å²) in [6, 6.07) is 5.84. The molecule has 0 bridgehead atoms. The Morgan fingerprint density at radius 2 is 2.20 bits per heavy atom. The molecule has 0 saturated heterocycles. The molecule has 0 aliphatic heterocycles. The fourth-order valence-electron chi connectivity index (χ4n) is 1.39. The third-order valence-corrected chi connectivity index (χ3v) is 2.25. The van der Waals surface area contributed by atoms with E-state index in [9.17, 15) is 0 Å². The van der Waals surface area contributed by atoms with Gasteiger partial charge in [-0.1, -0.05) is 0 Å². The Morgan fingerprint density at radius 1 is 1.40 bits per heavy atom. The van der Waals surface area contributed by atoms with Gasteiger partial charge in [0.2, 0.25) is 0 Å². The minimum atomic E-state index is 0.0170. The van der Waals surface area contributed by atoms with Crippen molar-refractivity contribution in [3.63, 3.8) is 0 Å². The van der Waals surface area contributed by atoms with Crippen molar-refractivity contribution < 1.29 is 0 Å². The van der Waals surface area contributed by atoms with Crippen molar-refractivity contribution in [2.75, 3.05) is 0 Å². The molecule has 2 N–H and O–H groups in total. The van der Waals surface area contributed by atoms with Crippen molar-refractivity contribution in [2.24, 2.45) is 5.73 Å². The zero-order chi connectivity index (χ0) is 10.8. The minimum Gasteiger partial charge on any atom is -0.324 e. The number of aromatic nitrogens is 3. The predicted octanol–water partition coefficient (Wildman–Crippen LogP) is 1.60. The molecule has 78 valence electrons. The second-order valence-corrected chi connectivity index (χ2v) is 3.64. The molecule has 0 aromatic carbocycles. The van der Waals surface area contributed by atoms with Crippen molar-refractivity contribution in [3.05, 3.63) is 41.9 Å². The molecule has 0 radical (unpaired) electrons. The van der Waals surface area contributed by atoms with Crippen LogP contribution in [0.25, 0.3) is 5.82 Å². The molecular weight excluding hydrogens is 188 g/mol. The Morgan fingerprint density at radius 3 is 2.80 bits per heavy atom. The molecule has 0 unspecified atom stereocenters. The van der Waals surface area contributed by atoms with Crippen LogP contribution in [0.3, 0.4) is 0 Å². The van der Waals surface area contributed by atoms with E-state index in [1.165, 1.54) is 0 Å². The normalized spacial score (nSPS) is 12.7. The SMILES string of the molecule is Cc1ccn(-c2cc([C@@H](C)N)ccn2)n1. The highest BCUT2D eigenvalue weighted by atomic mass is 15.3. The maximum absolute atomic E-state index is 5.81. The summed E-state index contributed by atoms with van der Waals surface area (Å²) in [5.41, 5.74) is 7.85. The van der Waals surface area contributed by atoms with Gasteiger partial charge in [0.1, 0.15) is 0 Å². The minimum absolute atomic E-state index is 0.0170. The van der Waals surface area contributed by atoms with Crippen LogP contribution < -0.4 is 5.73 Å². The summed E-state index contributed by atoms with van der Waals surface area (Å²) in [5.74, 6) is 0.804. The first-order chi connectivity index (χ1) is 7.16. The number of hydrogen-bond donors (Lipinski definition) is 1. The van der Waals surface area contributed by atoms with Crippen LogP contribution in [-0.4, -0.2) is 14.8 Å². The Bertz CT molecular complexity index is 459. The molecule has 2 heterocycles. The first-order valence-corrected chi connectivity index (χ1v) is 4.91. The number of pyridine rings is 1. The zero-order valence-corrected chi connectivity index (χ0v) is 8.88. The highest BCUT2D eigenvalue weighted by molar-refractivity contribution is 5.28. The van der Waals surface area contributed by atoms with Crippen molar-refractivity contribution in [1.82, 2.24) is 14.8 Å². The van der Waals surface area contributed by atoms with Crippen molar-refractivity contribution in [3.8, 4) is 5.82 Å². The van der Waals surface area contributed by atoms with Gasteiger partial charge in [-0.05, 0) is 37.6 Å². The van der Waals surface area contributed by atoms with E-state index in [2.05, 4.69) is 10.1 Å². The summed E-state index contributed by atoms with van der Waals surface area (Å²) in [4.78, 5) is 4.25. The van der Waals surface area contributed by atoms with Crippen molar-refractivity contribution in [2.45, 2.75) is 19.9 Å². The number of nitrogens with zero attached hydrogens (tertiary/aromatic N) is 3. The standard InChI is InChI=1S/C11H14N4/c1-8-4-6-15(14-8)11-7-10(9(2)12)3-5-13-11/h3-7,9H,12H2,1-2H3/t9-/m1/s1. The van der Waals surface area contributed by atoms with E-state index in [1.807, 2.05) is 38.2 Å². The lowest BCUT2D eigenvalue weighted by molar-refractivity contribution is 0.792. The lowest BCUT2D eigenvalue weighted by Crippen LogP contribution is -2.07. The Kier molecular flexibility index (Phi) is 2.51. The van der Waals surface area contributed by atoms with E-state index in [0.29, 0.717) is 0 Å². The molecule has 15 heavy (non-hydrogen) atoms. The maximum Gasteiger partial charge on any atom is 0.153 e. The number of aryl methyl sites for hydroxylation is 1. The maximum atomic E-state index is 5.81. The van der Waals surface area contributed by atoms with Gasteiger partial charge in [-0.2, -0.15) is 5.10 Å². The third kappa shape index (κ3) is 2.05. The van der Waals surface area contributed by atoms with E-state index in [-0.39, 0.29) is 6.04 Å². The van der Waals surface area contributed by atoms with Crippen LogP contribution in [0, 0.1) is 6.92 Å². The topological polar surface area (TPSA) is 56.7 Å². The lowest BCUT2D eigenvalue weighted by atomic mass is 10.1. The summed E-state index contributed by atoms with van der Waals surface area (Å²) < 4.78 is 1.75. The van der Waals surface area contributed by atoms with Crippen molar-refractivity contribution >= 4 is 0 Å². The Hall–Kier alpha value is -1.68. The van der Waals surface area contributed by atoms with Crippen LogP contribution >= 0.6 is 0 Å². The summed E-state index contributed by atoms with van der Waals surface area (Å²) >= 11 is 0. The molecule has 0 aliphatic rings. The van der Waals surface area contributed by atoms with Gasteiger partial charge in [-0.15, -0.1) is 0 Å². The largest absolute Gasteiger partial charge is 0.324 e.